The molecular formula is C60H41N. The molecule has 0 bridgehead atoms. The molecule has 9 aromatic carbocycles. The Bertz CT molecular complexity index is 3270. The molecule has 9 aromatic rings. The lowest BCUT2D eigenvalue weighted by Crippen LogP contribution is -2.45. The fraction of sp³-hybridized carbons (Fsp3) is 0.0833. The Kier molecular flexibility index (Phi) is 7.84. The highest BCUT2D eigenvalue weighted by molar-refractivity contribution is 6.21. The van der Waals surface area contributed by atoms with Gasteiger partial charge in [-0.1, -0.05) is 207 Å². The van der Waals surface area contributed by atoms with Gasteiger partial charge in [-0.05, 0) is 124 Å². The summed E-state index contributed by atoms with van der Waals surface area (Å²) in [5.41, 5.74) is 18.1. The maximum atomic E-state index is 9.57. The second-order valence-corrected chi connectivity index (χ2v) is 17.0. The van der Waals surface area contributed by atoms with E-state index in [9.17, 15) is 5.26 Å². The molecule has 3 aliphatic carbocycles. The summed E-state index contributed by atoms with van der Waals surface area (Å²) in [7, 11) is 0. The van der Waals surface area contributed by atoms with Gasteiger partial charge < -0.3 is 0 Å². The van der Waals surface area contributed by atoms with E-state index in [-0.39, 0.29) is 0 Å². The van der Waals surface area contributed by atoms with E-state index >= 15 is 0 Å². The minimum absolute atomic E-state index is 0.355. The van der Waals surface area contributed by atoms with Gasteiger partial charge in [-0.2, -0.15) is 5.26 Å². The average molecular weight is 776 g/mol. The summed E-state index contributed by atoms with van der Waals surface area (Å²) in [6.07, 6.45) is 3.52. The molecule has 286 valence electrons. The van der Waals surface area contributed by atoms with Crippen LogP contribution in [0.15, 0.2) is 223 Å². The van der Waals surface area contributed by atoms with Crippen molar-refractivity contribution in [2.75, 3.05) is 0 Å². The first-order valence-electron chi connectivity index (χ1n) is 21.5. The molecule has 1 heteroatoms. The highest BCUT2D eigenvalue weighted by atomic mass is 14.6. The normalized spacial score (nSPS) is 19.8. The molecule has 3 aliphatic rings. The van der Waals surface area contributed by atoms with Gasteiger partial charge >= 0.3 is 0 Å². The van der Waals surface area contributed by atoms with Gasteiger partial charge in [0.2, 0.25) is 0 Å². The molecule has 0 heterocycles. The number of nitrogens with zero attached hydrogens (tertiary/aromatic N) is 1. The number of hydrogen-bond donors (Lipinski definition) is 0. The predicted octanol–water partition coefficient (Wildman–Crippen LogP) is 14.6. The molecule has 0 amide bonds. The Balaban J connectivity index is 1.15. The van der Waals surface area contributed by atoms with E-state index in [4.69, 9.17) is 0 Å². The Hall–Kier alpha value is -7.53. The van der Waals surface area contributed by atoms with Crippen LogP contribution >= 0.6 is 0 Å². The summed E-state index contributed by atoms with van der Waals surface area (Å²) in [5, 5.41) is 14.4. The van der Waals surface area contributed by atoms with Crippen LogP contribution in [0.2, 0.25) is 0 Å². The first-order chi connectivity index (χ1) is 30.1. The van der Waals surface area contributed by atoms with Crippen molar-refractivity contribution in [2.45, 2.75) is 24.2 Å². The van der Waals surface area contributed by atoms with Gasteiger partial charge in [-0.25, -0.2) is 0 Å². The number of fused-ring (bicyclic) bond motifs is 7. The van der Waals surface area contributed by atoms with E-state index in [2.05, 4.69) is 213 Å². The molecule has 1 nitrogen and oxygen atoms in total. The molecule has 0 saturated carbocycles. The van der Waals surface area contributed by atoms with Crippen LogP contribution in [0.25, 0.3) is 49.4 Å². The Morgan fingerprint density at radius 3 is 1.41 bits per heavy atom. The smallest absolute Gasteiger partial charge is 0.0991 e. The average Bonchev–Trinajstić information content (AvgIpc) is 3.63. The summed E-state index contributed by atoms with van der Waals surface area (Å²) < 4.78 is 0. The SMILES string of the molecule is CC1C=C2C3=C(C1)[C@@](c1ccccc1)(c1ccc(-c4c5ccccc5c(-c5ccc(C#N)cc5)c5ccccc45)cc1)c1ccccc1C3(c1ccccc1)c1ccccc12. The van der Waals surface area contributed by atoms with Gasteiger partial charge in [0.15, 0.2) is 0 Å². The highest BCUT2D eigenvalue weighted by Crippen LogP contribution is 2.68. The molecule has 0 fully saturated rings. The van der Waals surface area contributed by atoms with Gasteiger partial charge in [0.25, 0.3) is 0 Å². The first-order valence-corrected chi connectivity index (χ1v) is 21.5. The second kappa shape index (κ2) is 13.5. The number of rotatable bonds is 5. The summed E-state index contributed by atoms with van der Waals surface area (Å²) in [4.78, 5) is 0. The summed E-state index contributed by atoms with van der Waals surface area (Å²) in [6.45, 7) is 2.40. The van der Waals surface area contributed by atoms with E-state index in [1.807, 2.05) is 12.1 Å². The van der Waals surface area contributed by atoms with Crippen LogP contribution in [0.3, 0.4) is 0 Å². The molecule has 0 aromatic heterocycles. The van der Waals surface area contributed by atoms with Crippen molar-refractivity contribution >= 4 is 27.1 Å². The van der Waals surface area contributed by atoms with Crippen LogP contribution in [-0.2, 0) is 10.8 Å². The molecule has 12 rings (SSSR count). The lowest BCUT2D eigenvalue weighted by Gasteiger charge is -2.51. The van der Waals surface area contributed by atoms with Gasteiger partial charge in [-0.3, -0.25) is 0 Å². The molecule has 0 spiro atoms. The van der Waals surface area contributed by atoms with Crippen molar-refractivity contribution in [1.29, 1.82) is 5.26 Å². The van der Waals surface area contributed by atoms with Crippen LogP contribution in [0.5, 0.6) is 0 Å². The fourth-order valence-electron chi connectivity index (χ4n) is 11.8. The standard InChI is InChI=1S/C60H41N/c1-39-36-51-46-20-12-13-25-52(46)60(44-18-6-3-7-19-44)54-27-15-14-26-53(54)59(55(37-39)58(51)60,43-16-4-2-5-17-43)45-34-32-42(33-35-45)57-49-23-10-8-21-47(49)56(48-22-9-11-24-50(48)57)41-30-28-40(38-61)29-31-41/h2-36,39H,37H2,1H3/t39?,59-,60?/m0/s1. The second-order valence-electron chi connectivity index (χ2n) is 17.0. The van der Waals surface area contributed by atoms with Crippen LogP contribution < -0.4 is 0 Å². The quantitative estimate of drug-likeness (QED) is 0.160. The fourth-order valence-corrected chi connectivity index (χ4v) is 11.8. The zero-order valence-electron chi connectivity index (χ0n) is 33.9. The maximum absolute atomic E-state index is 9.57. The van der Waals surface area contributed by atoms with Gasteiger partial charge in [0, 0.05) is 0 Å². The first kappa shape index (κ1) is 35.4. The van der Waals surface area contributed by atoms with Crippen molar-refractivity contribution in [3.8, 4) is 28.3 Å². The number of hydrogen-bond acceptors (Lipinski definition) is 1. The molecular weight excluding hydrogens is 735 g/mol. The van der Waals surface area contributed by atoms with E-state index in [0.29, 0.717) is 11.5 Å². The van der Waals surface area contributed by atoms with Gasteiger partial charge in [0.1, 0.15) is 0 Å². The monoisotopic (exact) mass is 775 g/mol. The van der Waals surface area contributed by atoms with Crippen LogP contribution in [0.1, 0.15) is 57.9 Å². The third-order valence-corrected chi connectivity index (χ3v) is 14.0. The van der Waals surface area contributed by atoms with E-state index in [1.54, 1.807) is 0 Å². The van der Waals surface area contributed by atoms with Gasteiger partial charge in [0.05, 0.1) is 22.5 Å². The van der Waals surface area contributed by atoms with E-state index < -0.39 is 10.8 Å². The summed E-state index contributed by atoms with van der Waals surface area (Å²) in [5.74, 6) is 0.355. The van der Waals surface area contributed by atoms with Crippen molar-refractivity contribution in [3.05, 3.63) is 268 Å². The topological polar surface area (TPSA) is 23.8 Å². The Labute approximate surface area is 357 Å². The Morgan fingerprint density at radius 2 is 0.869 bits per heavy atom. The zero-order valence-corrected chi connectivity index (χ0v) is 33.9. The molecule has 0 N–H and O–H groups in total. The minimum atomic E-state index is -0.538. The van der Waals surface area contributed by atoms with Gasteiger partial charge in [-0.15, -0.1) is 0 Å². The Morgan fingerprint density at radius 1 is 0.443 bits per heavy atom. The highest BCUT2D eigenvalue weighted by Gasteiger charge is 2.59. The number of nitriles is 1. The zero-order chi connectivity index (χ0) is 40.7. The predicted molar refractivity (Wildman–Crippen MR) is 251 cm³/mol. The molecule has 2 unspecified atom stereocenters. The van der Waals surface area contributed by atoms with Crippen molar-refractivity contribution < 1.29 is 0 Å². The van der Waals surface area contributed by atoms with Crippen LogP contribution in [-0.4, -0.2) is 0 Å². The molecule has 0 aliphatic heterocycles. The molecule has 0 radical (unpaired) electrons. The minimum Gasteiger partial charge on any atom is -0.192 e. The third kappa shape index (κ3) is 4.82. The van der Waals surface area contributed by atoms with Crippen LogP contribution in [0.4, 0.5) is 0 Å². The number of allylic oxidation sites excluding steroid dienone is 4. The van der Waals surface area contributed by atoms with Crippen molar-refractivity contribution in [1.82, 2.24) is 0 Å². The van der Waals surface area contributed by atoms with Crippen molar-refractivity contribution in [3.63, 3.8) is 0 Å². The van der Waals surface area contributed by atoms with E-state index in [0.717, 1.165) is 12.0 Å². The lowest BCUT2D eigenvalue weighted by atomic mass is 9.50. The number of benzene rings is 9. The lowest BCUT2D eigenvalue weighted by molar-refractivity contribution is 0.551. The van der Waals surface area contributed by atoms with Crippen LogP contribution in [0, 0.1) is 17.2 Å². The van der Waals surface area contributed by atoms with Crippen molar-refractivity contribution in [2.24, 2.45) is 5.92 Å². The largest absolute Gasteiger partial charge is 0.192 e. The molecule has 3 atom stereocenters. The molecule has 61 heavy (non-hydrogen) atoms. The third-order valence-electron chi connectivity index (χ3n) is 14.0. The summed E-state index contributed by atoms with van der Waals surface area (Å²) in [6, 6.07) is 78.7. The molecule has 0 saturated heterocycles. The summed E-state index contributed by atoms with van der Waals surface area (Å²) >= 11 is 0. The van der Waals surface area contributed by atoms with E-state index in [1.165, 1.54) is 93.9 Å². The maximum Gasteiger partial charge on any atom is 0.0991 e.